The minimum absolute atomic E-state index is 0.216. The van der Waals surface area contributed by atoms with Gasteiger partial charge in [-0.1, -0.05) is 17.8 Å². The zero-order chi connectivity index (χ0) is 12.7. The Labute approximate surface area is 108 Å². The Morgan fingerprint density at radius 3 is 2.94 bits per heavy atom. The van der Waals surface area contributed by atoms with E-state index in [1.54, 1.807) is 6.26 Å². The summed E-state index contributed by atoms with van der Waals surface area (Å²) in [5.41, 5.74) is 2.89. The van der Waals surface area contributed by atoms with Gasteiger partial charge in [-0.2, -0.15) is 0 Å². The van der Waals surface area contributed by atoms with Crippen LogP contribution in [0.5, 0.6) is 0 Å². The van der Waals surface area contributed by atoms with Gasteiger partial charge in [-0.25, -0.2) is 0 Å². The zero-order valence-electron chi connectivity index (χ0n) is 9.73. The number of hydrogen-bond donors (Lipinski definition) is 1. The van der Waals surface area contributed by atoms with Crippen molar-refractivity contribution in [3.8, 4) is 0 Å². The average Bonchev–Trinajstić information content (AvgIpc) is 2.86. The van der Waals surface area contributed by atoms with Gasteiger partial charge in [-0.3, -0.25) is 14.9 Å². The molecule has 4 nitrogen and oxygen atoms in total. The van der Waals surface area contributed by atoms with E-state index >= 15 is 0 Å². The first-order valence-electron chi connectivity index (χ1n) is 5.62. The third-order valence-corrected chi connectivity index (χ3v) is 3.93. The van der Waals surface area contributed by atoms with E-state index in [2.05, 4.69) is 5.32 Å². The minimum Gasteiger partial charge on any atom is -0.464 e. The molecule has 0 saturated carbocycles. The molecule has 0 bridgehead atoms. The second kappa shape index (κ2) is 4.17. The molecule has 5 heteroatoms. The second-order valence-corrected chi connectivity index (χ2v) is 5.53. The van der Waals surface area contributed by atoms with Crippen molar-refractivity contribution in [3.05, 3.63) is 35.6 Å². The number of nitrogens with one attached hydrogen (secondary N) is 1. The fraction of sp³-hybridized carbons (Fsp3) is 0.231. The summed E-state index contributed by atoms with van der Waals surface area (Å²) in [6.07, 6.45) is 2.15. The summed E-state index contributed by atoms with van der Waals surface area (Å²) >= 11 is 1.04. The lowest BCUT2D eigenvalue weighted by atomic mass is 10.0. The first-order chi connectivity index (χ1) is 8.63. The molecule has 18 heavy (non-hydrogen) atoms. The van der Waals surface area contributed by atoms with Crippen LogP contribution in [0.4, 0.5) is 4.79 Å². The lowest BCUT2D eigenvalue weighted by Crippen LogP contribution is -2.25. The molecule has 2 aromatic rings. The van der Waals surface area contributed by atoms with E-state index in [4.69, 9.17) is 4.42 Å². The van der Waals surface area contributed by atoms with Crippen LogP contribution >= 0.6 is 11.8 Å². The molecule has 1 aliphatic rings. The number of furan rings is 1. The number of carbonyl (C=O) groups excluding carboxylic acids is 2. The Morgan fingerprint density at radius 1 is 1.39 bits per heavy atom. The van der Waals surface area contributed by atoms with Gasteiger partial charge in [0.05, 0.1) is 11.5 Å². The van der Waals surface area contributed by atoms with Crippen LogP contribution in [0.2, 0.25) is 0 Å². The first-order valence-corrected chi connectivity index (χ1v) is 6.49. The van der Waals surface area contributed by atoms with Crippen LogP contribution in [0, 0.1) is 6.92 Å². The van der Waals surface area contributed by atoms with Crippen LogP contribution in [0.15, 0.2) is 28.9 Å². The average molecular weight is 261 g/mol. The molecule has 0 radical (unpaired) electrons. The molecular weight excluding hydrogens is 250 g/mol. The van der Waals surface area contributed by atoms with Crippen LogP contribution in [0.3, 0.4) is 0 Å². The topological polar surface area (TPSA) is 59.3 Å². The third-order valence-electron chi connectivity index (χ3n) is 2.94. The summed E-state index contributed by atoms with van der Waals surface area (Å²) in [7, 11) is 0. The number of hydrogen-bond acceptors (Lipinski definition) is 4. The summed E-state index contributed by atoms with van der Waals surface area (Å²) in [6.45, 7) is 2.00. The maximum atomic E-state index is 11.6. The van der Waals surface area contributed by atoms with Gasteiger partial charge in [0.1, 0.15) is 5.58 Å². The van der Waals surface area contributed by atoms with Crippen molar-refractivity contribution in [2.24, 2.45) is 0 Å². The molecule has 1 saturated heterocycles. The van der Waals surface area contributed by atoms with Gasteiger partial charge in [0.15, 0.2) is 0 Å². The number of thioether (sulfide) groups is 1. The van der Waals surface area contributed by atoms with E-state index in [1.165, 1.54) is 0 Å². The number of rotatable bonds is 2. The Morgan fingerprint density at radius 2 is 2.22 bits per heavy atom. The molecule has 1 fully saturated rings. The fourth-order valence-electron chi connectivity index (χ4n) is 2.20. The molecule has 1 unspecified atom stereocenters. The predicted molar refractivity (Wildman–Crippen MR) is 69.6 cm³/mol. The predicted octanol–water partition coefficient (Wildman–Crippen LogP) is 2.64. The molecule has 1 aliphatic heterocycles. The summed E-state index contributed by atoms with van der Waals surface area (Å²) in [4.78, 5) is 22.7. The summed E-state index contributed by atoms with van der Waals surface area (Å²) in [5.74, 6) is -0.216. The van der Waals surface area contributed by atoms with E-state index in [9.17, 15) is 9.59 Å². The van der Waals surface area contributed by atoms with E-state index < -0.39 is 0 Å². The van der Waals surface area contributed by atoms with E-state index in [0.29, 0.717) is 6.42 Å². The van der Waals surface area contributed by atoms with Gasteiger partial charge < -0.3 is 4.42 Å². The third kappa shape index (κ3) is 1.90. The van der Waals surface area contributed by atoms with Crippen LogP contribution in [-0.4, -0.2) is 16.4 Å². The van der Waals surface area contributed by atoms with Gasteiger partial charge in [-0.15, -0.1) is 0 Å². The quantitative estimate of drug-likeness (QED) is 0.902. The second-order valence-electron chi connectivity index (χ2n) is 4.35. The van der Waals surface area contributed by atoms with Crippen molar-refractivity contribution < 1.29 is 14.0 Å². The lowest BCUT2D eigenvalue weighted by molar-refractivity contribution is -0.118. The number of fused-ring (bicyclic) bond motifs is 1. The molecule has 3 rings (SSSR count). The molecule has 0 aliphatic carbocycles. The van der Waals surface area contributed by atoms with Crippen LogP contribution < -0.4 is 5.32 Å². The molecule has 1 N–H and O–H groups in total. The van der Waals surface area contributed by atoms with E-state index in [-0.39, 0.29) is 16.4 Å². The molecular formula is C13H11NO3S. The normalized spacial score (nSPS) is 19.5. The summed E-state index contributed by atoms with van der Waals surface area (Å²) < 4.78 is 5.45. The van der Waals surface area contributed by atoms with Gasteiger partial charge >= 0.3 is 0 Å². The SMILES string of the molecule is Cc1cc(CC2SC(=O)NC2=O)c2occc2c1. The largest absolute Gasteiger partial charge is 0.464 e. The number of imide groups is 1. The Balaban J connectivity index is 1.97. The Hall–Kier alpha value is -1.75. The van der Waals surface area contributed by atoms with Crippen molar-refractivity contribution in [1.82, 2.24) is 5.32 Å². The maximum Gasteiger partial charge on any atom is 0.286 e. The van der Waals surface area contributed by atoms with Crippen molar-refractivity contribution in [2.75, 3.05) is 0 Å². The number of aryl methyl sites for hydroxylation is 1. The number of amides is 2. The van der Waals surface area contributed by atoms with Gasteiger partial charge in [0, 0.05) is 5.39 Å². The maximum absolute atomic E-state index is 11.6. The minimum atomic E-state index is -0.354. The Bertz CT molecular complexity index is 647. The molecule has 1 aromatic carbocycles. The summed E-state index contributed by atoms with van der Waals surface area (Å²) in [5, 5.41) is 2.70. The van der Waals surface area contributed by atoms with Crippen LogP contribution in [0.1, 0.15) is 11.1 Å². The molecule has 1 aromatic heterocycles. The summed E-state index contributed by atoms with van der Waals surface area (Å²) in [6, 6.07) is 5.94. The standard InChI is InChI=1S/C13H11NO3S/c1-7-4-8-2-3-17-11(8)9(5-7)6-10-12(15)14-13(16)18-10/h2-5,10H,6H2,1H3,(H,14,15,16). The molecule has 2 amide bonds. The monoisotopic (exact) mass is 261 g/mol. The van der Waals surface area contributed by atoms with Crippen molar-refractivity contribution >= 4 is 33.9 Å². The fourth-order valence-corrected chi connectivity index (χ4v) is 3.05. The van der Waals surface area contributed by atoms with Crippen LogP contribution in [-0.2, 0) is 11.2 Å². The molecule has 92 valence electrons. The highest BCUT2D eigenvalue weighted by molar-refractivity contribution is 8.15. The van der Waals surface area contributed by atoms with Crippen molar-refractivity contribution in [1.29, 1.82) is 0 Å². The first kappa shape index (κ1) is 11.3. The number of carbonyl (C=O) groups is 2. The van der Waals surface area contributed by atoms with Gasteiger partial charge in [0.25, 0.3) is 5.24 Å². The van der Waals surface area contributed by atoms with Gasteiger partial charge in [-0.05, 0) is 36.6 Å². The van der Waals surface area contributed by atoms with Crippen molar-refractivity contribution in [3.63, 3.8) is 0 Å². The highest BCUT2D eigenvalue weighted by Crippen LogP contribution is 2.28. The molecule has 2 heterocycles. The van der Waals surface area contributed by atoms with E-state index in [0.717, 1.165) is 33.9 Å². The number of benzene rings is 1. The lowest BCUT2D eigenvalue weighted by Gasteiger charge is -2.07. The molecule has 1 atom stereocenters. The highest BCUT2D eigenvalue weighted by Gasteiger charge is 2.32. The van der Waals surface area contributed by atoms with Crippen LogP contribution in [0.25, 0.3) is 11.0 Å². The van der Waals surface area contributed by atoms with Gasteiger partial charge in [0.2, 0.25) is 5.91 Å². The molecule has 0 spiro atoms. The smallest absolute Gasteiger partial charge is 0.286 e. The van der Waals surface area contributed by atoms with E-state index in [1.807, 2.05) is 25.1 Å². The zero-order valence-corrected chi connectivity index (χ0v) is 10.5. The highest BCUT2D eigenvalue weighted by atomic mass is 32.2. The Kier molecular flexibility index (Phi) is 2.63. The van der Waals surface area contributed by atoms with Crippen molar-refractivity contribution in [2.45, 2.75) is 18.6 Å².